The molecule has 0 unspecified atom stereocenters. The van der Waals surface area contributed by atoms with Gasteiger partial charge < -0.3 is 10.1 Å². The molecule has 0 heterocycles. The van der Waals surface area contributed by atoms with E-state index < -0.39 is 54.5 Å². The van der Waals surface area contributed by atoms with E-state index in [-0.39, 0.29) is 0 Å². The van der Waals surface area contributed by atoms with Crippen molar-refractivity contribution in [2.24, 2.45) is 0 Å². The first kappa shape index (κ1) is 25.9. The zero-order valence-electron chi connectivity index (χ0n) is 16.1. The number of carbonyl (C=O) groups excluding carboxylic acids is 1. The number of hydrogen-bond donors (Lipinski definition) is 1. The molecular weight excluding hydrogens is 433 g/mol. The third-order valence-corrected chi connectivity index (χ3v) is 3.86. The van der Waals surface area contributed by atoms with Crippen molar-refractivity contribution in [1.82, 2.24) is 5.32 Å². The lowest BCUT2D eigenvalue weighted by atomic mass is 9.92. The summed E-state index contributed by atoms with van der Waals surface area (Å²) in [6.07, 6.45) is -10.1. The largest absolute Gasteiger partial charge is 0.460 e. The first-order valence-electron chi connectivity index (χ1n) is 8.56. The Balaban J connectivity index is 3.26. The monoisotopic (exact) mass is 453 g/mol. The predicted octanol–water partition coefficient (Wildman–Crippen LogP) is 5.98. The Labute approximate surface area is 166 Å². The molecule has 0 saturated carbocycles. The zero-order chi connectivity index (χ0) is 23.6. The van der Waals surface area contributed by atoms with Gasteiger partial charge in [-0.1, -0.05) is 30.3 Å². The first-order valence-corrected chi connectivity index (χ1v) is 8.56. The summed E-state index contributed by atoms with van der Waals surface area (Å²) in [5, 5.41) is 1.32. The SMILES string of the molecule is CC(C)(C)OC(=O)N[C@@H](CCc1ccccc1)C(F)(F)C(F)(F)C(F)(F)C(F)(F)F. The van der Waals surface area contributed by atoms with E-state index in [1.807, 2.05) is 0 Å². The molecule has 172 valence electrons. The quantitative estimate of drug-likeness (QED) is 0.516. The minimum Gasteiger partial charge on any atom is -0.444 e. The standard InChI is InChI=1S/C18H20F9NO2/c1-14(2,3)30-13(29)28-12(10-9-11-7-5-4-6-8-11)15(19,20)16(21,22)17(23,24)18(25,26)27/h4-8,12H,9-10H2,1-3H3,(H,28,29)/t12-/m0/s1. The molecule has 0 aliphatic carbocycles. The van der Waals surface area contributed by atoms with Gasteiger partial charge in [-0.15, -0.1) is 0 Å². The van der Waals surface area contributed by atoms with Crippen molar-refractivity contribution < 1.29 is 49.0 Å². The maximum Gasteiger partial charge on any atom is 0.460 e. The fraction of sp³-hybridized carbons (Fsp3) is 0.611. The number of halogens is 9. The van der Waals surface area contributed by atoms with Crippen LogP contribution in [0.2, 0.25) is 0 Å². The van der Waals surface area contributed by atoms with Crippen molar-refractivity contribution in [3.05, 3.63) is 35.9 Å². The predicted molar refractivity (Wildman–Crippen MR) is 88.8 cm³/mol. The molecule has 1 aromatic rings. The number of alkyl halides is 9. The van der Waals surface area contributed by atoms with Crippen LogP contribution in [0.3, 0.4) is 0 Å². The summed E-state index contributed by atoms with van der Waals surface area (Å²) in [6, 6.07) is 4.19. The van der Waals surface area contributed by atoms with Crippen LogP contribution < -0.4 is 5.32 Å². The second-order valence-electron chi connectivity index (χ2n) is 7.49. The van der Waals surface area contributed by atoms with E-state index in [2.05, 4.69) is 4.74 Å². The second-order valence-corrected chi connectivity index (χ2v) is 7.49. The number of ether oxygens (including phenoxy) is 1. The van der Waals surface area contributed by atoms with Gasteiger partial charge in [0.25, 0.3) is 0 Å². The Kier molecular flexibility index (Phi) is 7.37. The van der Waals surface area contributed by atoms with Gasteiger partial charge in [0.1, 0.15) is 11.6 Å². The van der Waals surface area contributed by atoms with E-state index in [0.29, 0.717) is 5.56 Å². The molecule has 0 aliphatic rings. The molecule has 3 nitrogen and oxygen atoms in total. The molecule has 0 aromatic heterocycles. The van der Waals surface area contributed by atoms with Gasteiger partial charge in [0.2, 0.25) is 0 Å². The normalized spacial score (nSPS) is 14.9. The molecular formula is C18H20F9NO2. The molecule has 0 radical (unpaired) electrons. The third-order valence-electron chi connectivity index (χ3n) is 3.86. The van der Waals surface area contributed by atoms with Crippen molar-refractivity contribution >= 4 is 6.09 Å². The van der Waals surface area contributed by atoms with Gasteiger partial charge in [-0.25, -0.2) is 4.79 Å². The number of nitrogens with one attached hydrogen (secondary N) is 1. The number of hydrogen-bond acceptors (Lipinski definition) is 2. The molecule has 12 heteroatoms. The van der Waals surface area contributed by atoms with Gasteiger partial charge in [0.05, 0.1) is 0 Å². The van der Waals surface area contributed by atoms with Crippen LogP contribution in [0.4, 0.5) is 44.3 Å². The van der Waals surface area contributed by atoms with Crippen LogP contribution >= 0.6 is 0 Å². The van der Waals surface area contributed by atoms with Gasteiger partial charge >= 0.3 is 30.0 Å². The smallest absolute Gasteiger partial charge is 0.444 e. The summed E-state index contributed by atoms with van der Waals surface area (Å²) in [5.41, 5.74) is -0.975. The second kappa shape index (κ2) is 8.54. The maximum absolute atomic E-state index is 14.4. The topological polar surface area (TPSA) is 38.3 Å². The fourth-order valence-electron chi connectivity index (χ4n) is 2.36. The molecule has 0 aliphatic heterocycles. The van der Waals surface area contributed by atoms with Gasteiger partial charge in [-0.05, 0) is 39.2 Å². The highest BCUT2D eigenvalue weighted by Gasteiger charge is 2.83. The van der Waals surface area contributed by atoms with E-state index in [9.17, 15) is 44.3 Å². The highest BCUT2D eigenvalue weighted by Crippen LogP contribution is 2.54. The van der Waals surface area contributed by atoms with Crippen LogP contribution in [0.1, 0.15) is 32.8 Å². The van der Waals surface area contributed by atoms with Crippen molar-refractivity contribution in [3.63, 3.8) is 0 Å². The molecule has 1 atom stereocenters. The van der Waals surface area contributed by atoms with Crippen molar-refractivity contribution in [2.75, 3.05) is 0 Å². The fourth-order valence-corrected chi connectivity index (χ4v) is 2.36. The molecule has 0 spiro atoms. The third kappa shape index (κ3) is 5.72. The number of aryl methyl sites for hydroxylation is 1. The zero-order valence-corrected chi connectivity index (χ0v) is 16.1. The summed E-state index contributed by atoms with van der Waals surface area (Å²) in [4.78, 5) is 11.8. The molecule has 1 amide bonds. The average Bonchev–Trinajstić information content (AvgIpc) is 2.56. The average molecular weight is 453 g/mol. The van der Waals surface area contributed by atoms with Crippen LogP contribution in [0.25, 0.3) is 0 Å². The van der Waals surface area contributed by atoms with Crippen LogP contribution in [-0.2, 0) is 11.2 Å². The molecule has 0 bridgehead atoms. The Bertz CT molecular complexity index is 713. The minimum absolute atomic E-state index is 0.301. The van der Waals surface area contributed by atoms with Crippen LogP contribution in [0.15, 0.2) is 30.3 Å². The highest BCUT2D eigenvalue weighted by atomic mass is 19.4. The van der Waals surface area contributed by atoms with E-state index in [0.717, 1.165) is 0 Å². The number of amides is 1. The van der Waals surface area contributed by atoms with Crippen molar-refractivity contribution in [1.29, 1.82) is 0 Å². The van der Waals surface area contributed by atoms with Crippen LogP contribution in [0, 0.1) is 0 Å². The van der Waals surface area contributed by atoms with E-state index in [1.54, 1.807) is 6.07 Å². The van der Waals surface area contributed by atoms with E-state index >= 15 is 0 Å². The first-order chi connectivity index (χ1) is 13.3. The summed E-state index contributed by atoms with van der Waals surface area (Å²) >= 11 is 0. The molecule has 30 heavy (non-hydrogen) atoms. The Hall–Kier alpha value is -2.14. The lowest BCUT2D eigenvalue weighted by Crippen LogP contribution is -2.67. The van der Waals surface area contributed by atoms with Crippen LogP contribution in [-0.4, -0.2) is 41.7 Å². The summed E-state index contributed by atoms with van der Waals surface area (Å²) < 4.78 is 125. The summed E-state index contributed by atoms with van der Waals surface area (Å²) in [6.45, 7) is 3.91. The lowest BCUT2D eigenvalue weighted by molar-refractivity contribution is -0.399. The van der Waals surface area contributed by atoms with Gasteiger partial charge in [0, 0.05) is 0 Å². The van der Waals surface area contributed by atoms with Crippen LogP contribution in [0.5, 0.6) is 0 Å². The maximum atomic E-state index is 14.4. The number of rotatable bonds is 7. The minimum atomic E-state index is -7.05. The van der Waals surface area contributed by atoms with Crippen molar-refractivity contribution in [2.45, 2.75) is 69.2 Å². The van der Waals surface area contributed by atoms with E-state index in [4.69, 9.17) is 0 Å². The van der Waals surface area contributed by atoms with E-state index in [1.165, 1.54) is 50.4 Å². The summed E-state index contributed by atoms with van der Waals surface area (Å²) in [7, 11) is 0. The molecule has 1 aromatic carbocycles. The molecule has 1 rings (SSSR count). The van der Waals surface area contributed by atoms with Gasteiger partial charge in [0.15, 0.2) is 0 Å². The Morgan fingerprint density at radius 3 is 1.83 bits per heavy atom. The van der Waals surface area contributed by atoms with Gasteiger partial charge in [-0.2, -0.15) is 39.5 Å². The molecule has 1 N–H and O–H groups in total. The highest BCUT2D eigenvalue weighted by molar-refractivity contribution is 5.68. The lowest BCUT2D eigenvalue weighted by Gasteiger charge is -2.38. The van der Waals surface area contributed by atoms with Crippen molar-refractivity contribution in [3.8, 4) is 0 Å². The molecule has 0 fully saturated rings. The summed E-state index contributed by atoms with van der Waals surface area (Å²) in [5.74, 6) is -19.9. The molecule has 0 saturated heterocycles. The number of carbonyl (C=O) groups is 1. The number of benzene rings is 1. The number of alkyl carbamates (subject to hydrolysis) is 1. The Morgan fingerprint density at radius 2 is 1.40 bits per heavy atom. The van der Waals surface area contributed by atoms with Gasteiger partial charge in [-0.3, -0.25) is 0 Å². The Morgan fingerprint density at radius 1 is 0.900 bits per heavy atom.